The SMILES string of the molecule is CCNC(=NCc1cc(Cl)c2c(c1)OCCO2)NCC1(CCO)CCCCC1. The molecule has 3 rings (SSSR count). The van der Waals surface area contributed by atoms with Crippen molar-refractivity contribution >= 4 is 17.6 Å². The molecule has 1 saturated carbocycles. The van der Waals surface area contributed by atoms with Crippen molar-refractivity contribution in [2.45, 2.75) is 52.0 Å². The van der Waals surface area contributed by atoms with Gasteiger partial charge in [-0.3, -0.25) is 0 Å². The van der Waals surface area contributed by atoms with Crippen molar-refractivity contribution in [1.29, 1.82) is 0 Å². The fourth-order valence-corrected chi connectivity index (χ4v) is 4.38. The molecular formula is C21H32ClN3O3. The molecule has 1 aromatic carbocycles. The number of fused-ring (bicyclic) bond motifs is 1. The van der Waals surface area contributed by atoms with Gasteiger partial charge in [-0.25, -0.2) is 4.99 Å². The van der Waals surface area contributed by atoms with Crippen molar-refractivity contribution < 1.29 is 14.6 Å². The van der Waals surface area contributed by atoms with Crippen LogP contribution >= 0.6 is 11.6 Å². The van der Waals surface area contributed by atoms with Gasteiger partial charge in [0.15, 0.2) is 17.5 Å². The molecule has 1 aromatic rings. The second-order valence-electron chi connectivity index (χ2n) is 7.68. The molecule has 3 N–H and O–H groups in total. The number of aliphatic hydroxyl groups is 1. The molecule has 2 aliphatic rings. The van der Waals surface area contributed by atoms with Crippen molar-refractivity contribution in [3.8, 4) is 11.5 Å². The largest absolute Gasteiger partial charge is 0.486 e. The number of aliphatic hydroxyl groups excluding tert-OH is 1. The van der Waals surface area contributed by atoms with Crippen LogP contribution in [-0.2, 0) is 6.54 Å². The van der Waals surface area contributed by atoms with Crippen molar-refractivity contribution in [2.24, 2.45) is 10.4 Å². The highest BCUT2D eigenvalue weighted by atomic mass is 35.5. The summed E-state index contributed by atoms with van der Waals surface area (Å²) in [6.45, 7) is 5.48. The lowest BCUT2D eigenvalue weighted by Gasteiger charge is -2.37. The Labute approximate surface area is 172 Å². The summed E-state index contributed by atoms with van der Waals surface area (Å²) in [6, 6.07) is 3.83. The lowest BCUT2D eigenvalue weighted by atomic mass is 9.72. The summed E-state index contributed by atoms with van der Waals surface area (Å²) in [7, 11) is 0. The Morgan fingerprint density at radius 2 is 1.96 bits per heavy atom. The summed E-state index contributed by atoms with van der Waals surface area (Å²) in [5.74, 6) is 2.09. The van der Waals surface area contributed by atoms with Crippen LogP contribution in [0.3, 0.4) is 0 Å². The topological polar surface area (TPSA) is 75.1 Å². The van der Waals surface area contributed by atoms with Gasteiger partial charge in [0.05, 0.1) is 11.6 Å². The van der Waals surface area contributed by atoms with E-state index in [1.165, 1.54) is 19.3 Å². The molecule has 1 heterocycles. The van der Waals surface area contributed by atoms with Gasteiger partial charge in [-0.15, -0.1) is 0 Å². The van der Waals surface area contributed by atoms with E-state index in [-0.39, 0.29) is 12.0 Å². The molecule has 0 bridgehead atoms. The molecular weight excluding hydrogens is 378 g/mol. The standard InChI is InChI=1S/C21H32ClN3O3/c1-2-23-20(25-15-21(8-9-26)6-4-3-5-7-21)24-14-16-12-17(22)19-18(13-16)27-10-11-28-19/h12-13,26H,2-11,14-15H2,1H3,(H2,23,24,25). The van der Waals surface area contributed by atoms with Crippen molar-refractivity contribution in [2.75, 3.05) is 32.9 Å². The fraction of sp³-hybridized carbons (Fsp3) is 0.667. The minimum atomic E-state index is 0.170. The Morgan fingerprint density at radius 1 is 1.18 bits per heavy atom. The molecule has 1 aliphatic carbocycles. The van der Waals surface area contributed by atoms with E-state index in [2.05, 4.69) is 17.6 Å². The van der Waals surface area contributed by atoms with Crippen LogP contribution in [0, 0.1) is 5.41 Å². The first-order valence-electron chi connectivity index (χ1n) is 10.4. The Balaban J connectivity index is 1.66. The Bertz CT molecular complexity index is 670. The van der Waals surface area contributed by atoms with Crippen LogP contribution in [0.2, 0.25) is 5.02 Å². The highest BCUT2D eigenvalue weighted by Crippen LogP contribution is 2.39. The first kappa shape index (κ1) is 21.1. The molecule has 6 nitrogen and oxygen atoms in total. The zero-order valence-electron chi connectivity index (χ0n) is 16.7. The predicted molar refractivity (Wildman–Crippen MR) is 112 cm³/mol. The first-order chi connectivity index (χ1) is 13.7. The molecule has 0 atom stereocenters. The van der Waals surface area contributed by atoms with Gasteiger partial charge in [-0.1, -0.05) is 30.9 Å². The molecule has 0 amide bonds. The average Bonchev–Trinajstić information content (AvgIpc) is 2.71. The van der Waals surface area contributed by atoms with E-state index < -0.39 is 0 Å². The third-order valence-corrected chi connectivity index (χ3v) is 5.89. The van der Waals surface area contributed by atoms with E-state index >= 15 is 0 Å². The van der Waals surface area contributed by atoms with Crippen molar-refractivity contribution in [1.82, 2.24) is 10.6 Å². The van der Waals surface area contributed by atoms with Gasteiger partial charge in [-0.2, -0.15) is 0 Å². The summed E-state index contributed by atoms with van der Waals surface area (Å²) in [5, 5.41) is 16.9. The third-order valence-electron chi connectivity index (χ3n) is 5.61. The number of rotatable bonds is 7. The minimum Gasteiger partial charge on any atom is -0.486 e. The Kier molecular flexibility index (Phi) is 7.68. The third kappa shape index (κ3) is 5.45. The van der Waals surface area contributed by atoms with Crippen LogP contribution in [0.15, 0.2) is 17.1 Å². The summed E-state index contributed by atoms with van der Waals surface area (Å²) in [6.07, 6.45) is 6.95. The zero-order chi connectivity index (χ0) is 19.8. The number of ether oxygens (including phenoxy) is 2. The Morgan fingerprint density at radius 3 is 2.71 bits per heavy atom. The number of benzene rings is 1. The molecule has 0 spiro atoms. The van der Waals surface area contributed by atoms with Gasteiger partial charge in [0, 0.05) is 19.7 Å². The van der Waals surface area contributed by atoms with E-state index in [1.54, 1.807) is 0 Å². The monoisotopic (exact) mass is 409 g/mol. The first-order valence-corrected chi connectivity index (χ1v) is 10.7. The van der Waals surface area contributed by atoms with Crippen LogP contribution in [-0.4, -0.2) is 44.0 Å². The summed E-state index contributed by atoms with van der Waals surface area (Å²) in [4.78, 5) is 4.73. The van der Waals surface area contributed by atoms with E-state index in [4.69, 9.17) is 26.1 Å². The van der Waals surface area contributed by atoms with Crippen LogP contribution in [0.1, 0.15) is 51.0 Å². The van der Waals surface area contributed by atoms with Gasteiger partial charge < -0.3 is 25.2 Å². The molecule has 0 radical (unpaired) electrons. The van der Waals surface area contributed by atoms with Crippen molar-refractivity contribution in [3.05, 3.63) is 22.7 Å². The lowest BCUT2D eigenvalue weighted by Crippen LogP contribution is -2.44. The number of aliphatic imine (C=N–C) groups is 1. The van der Waals surface area contributed by atoms with Gasteiger partial charge in [0.25, 0.3) is 0 Å². The van der Waals surface area contributed by atoms with E-state index in [1.807, 2.05) is 12.1 Å². The maximum atomic E-state index is 9.52. The van der Waals surface area contributed by atoms with Gasteiger partial charge in [0.2, 0.25) is 0 Å². The average molecular weight is 410 g/mol. The lowest BCUT2D eigenvalue weighted by molar-refractivity contribution is 0.131. The quantitative estimate of drug-likeness (QED) is 0.474. The molecule has 0 saturated heterocycles. The second kappa shape index (κ2) is 10.2. The predicted octanol–water partition coefficient (Wildman–Crippen LogP) is 3.50. The molecule has 0 aromatic heterocycles. The minimum absolute atomic E-state index is 0.170. The molecule has 1 aliphatic heterocycles. The van der Waals surface area contributed by atoms with Crippen LogP contribution in [0.4, 0.5) is 0 Å². The van der Waals surface area contributed by atoms with Crippen LogP contribution < -0.4 is 20.1 Å². The summed E-state index contributed by atoms with van der Waals surface area (Å²) in [5.41, 5.74) is 1.15. The summed E-state index contributed by atoms with van der Waals surface area (Å²) < 4.78 is 11.2. The smallest absolute Gasteiger partial charge is 0.191 e. The zero-order valence-corrected chi connectivity index (χ0v) is 17.5. The molecule has 7 heteroatoms. The number of hydrogen-bond donors (Lipinski definition) is 3. The Hall–Kier alpha value is -1.66. The highest BCUT2D eigenvalue weighted by Gasteiger charge is 2.31. The second-order valence-corrected chi connectivity index (χ2v) is 8.09. The van der Waals surface area contributed by atoms with E-state index in [0.717, 1.165) is 43.9 Å². The number of halogens is 1. The highest BCUT2D eigenvalue weighted by molar-refractivity contribution is 6.32. The molecule has 156 valence electrons. The molecule has 1 fully saturated rings. The fourth-order valence-electron chi connectivity index (χ4n) is 4.09. The van der Waals surface area contributed by atoms with E-state index in [9.17, 15) is 5.11 Å². The number of hydrogen-bond acceptors (Lipinski definition) is 4. The van der Waals surface area contributed by atoms with Gasteiger partial charge >= 0.3 is 0 Å². The molecule has 28 heavy (non-hydrogen) atoms. The van der Waals surface area contributed by atoms with Crippen molar-refractivity contribution in [3.63, 3.8) is 0 Å². The maximum Gasteiger partial charge on any atom is 0.191 e. The maximum absolute atomic E-state index is 9.52. The van der Waals surface area contributed by atoms with Gasteiger partial charge in [-0.05, 0) is 49.3 Å². The van der Waals surface area contributed by atoms with E-state index in [0.29, 0.717) is 36.3 Å². The number of nitrogens with zero attached hydrogens (tertiary/aromatic N) is 1. The molecule has 0 unspecified atom stereocenters. The van der Waals surface area contributed by atoms with Gasteiger partial charge in [0.1, 0.15) is 13.2 Å². The number of nitrogens with one attached hydrogen (secondary N) is 2. The number of guanidine groups is 1. The van der Waals surface area contributed by atoms with Crippen LogP contribution in [0.25, 0.3) is 0 Å². The normalized spacial score (nSPS) is 18.6. The van der Waals surface area contributed by atoms with Crippen LogP contribution in [0.5, 0.6) is 11.5 Å². The summed E-state index contributed by atoms with van der Waals surface area (Å²) >= 11 is 6.33.